The minimum absolute atomic E-state index is 0.119. The van der Waals surface area contributed by atoms with Gasteiger partial charge >= 0.3 is 5.63 Å². The zero-order valence-electron chi connectivity index (χ0n) is 12.9. The molecule has 3 aromatic heterocycles. The molecule has 0 radical (unpaired) electrons. The lowest BCUT2D eigenvalue weighted by molar-refractivity contribution is 0.512. The highest BCUT2D eigenvalue weighted by atomic mass is 79.9. The van der Waals surface area contributed by atoms with Crippen molar-refractivity contribution in [3.8, 4) is 17.4 Å². The van der Waals surface area contributed by atoms with Crippen molar-refractivity contribution in [1.82, 2.24) is 19.7 Å². The van der Waals surface area contributed by atoms with Crippen LogP contribution in [-0.4, -0.2) is 19.7 Å². The number of halogens is 5. The van der Waals surface area contributed by atoms with Gasteiger partial charge in [0.05, 0.1) is 15.4 Å². The van der Waals surface area contributed by atoms with Crippen LogP contribution in [-0.2, 0) is 0 Å². The normalized spacial score (nSPS) is 11.3. The van der Waals surface area contributed by atoms with Gasteiger partial charge in [0.25, 0.3) is 0 Å². The molecule has 0 saturated heterocycles. The van der Waals surface area contributed by atoms with Crippen LogP contribution in [0.4, 0.5) is 4.39 Å². The van der Waals surface area contributed by atoms with Gasteiger partial charge in [-0.25, -0.2) is 23.8 Å². The quantitative estimate of drug-likeness (QED) is 0.381. The van der Waals surface area contributed by atoms with Crippen molar-refractivity contribution in [2.75, 3.05) is 0 Å². The number of benzene rings is 1. The average molecular weight is 491 g/mol. The summed E-state index contributed by atoms with van der Waals surface area (Å²) in [6, 6.07) is 5.44. The van der Waals surface area contributed by atoms with Crippen molar-refractivity contribution in [3.05, 3.63) is 66.4 Å². The molecular weight excluding hydrogens is 485 g/mol. The summed E-state index contributed by atoms with van der Waals surface area (Å²) in [6.45, 7) is 0. The van der Waals surface area contributed by atoms with Crippen LogP contribution in [0.3, 0.4) is 0 Å². The molecule has 0 saturated carbocycles. The number of aromatic nitrogens is 4. The Kier molecular flexibility index (Phi) is 4.67. The van der Waals surface area contributed by atoms with E-state index in [0.29, 0.717) is 4.60 Å². The maximum absolute atomic E-state index is 14.3. The van der Waals surface area contributed by atoms with Gasteiger partial charge in [0, 0.05) is 17.3 Å². The van der Waals surface area contributed by atoms with Gasteiger partial charge in [-0.2, -0.15) is 5.10 Å². The SMILES string of the molecule is O=c1oc(-c2cc(Br)nn2-c2ncc(Cl)cc2F)nc2c(Cl)cc(Cl)cc12. The van der Waals surface area contributed by atoms with Crippen LogP contribution in [0, 0.1) is 5.82 Å². The summed E-state index contributed by atoms with van der Waals surface area (Å²) in [4.78, 5) is 20.6. The number of hydrogen-bond acceptors (Lipinski definition) is 5. The van der Waals surface area contributed by atoms with E-state index in [0.717, 1.165) is 10.7 Å². The molecule has 1 aromatic carbocycles. The molecule has 0 spiro atoms. The van der Waals surface area contributed by atoms with Gasteiger partial charge in [-0.1, -0.05) is 34.8 Å². The van der Waals surface area contributed by atoms with Gasteiger partial charge in [0.1, 0.15) is 15.8 Å². The zero-order chi connectivity index (χ0) is 19.3. The molecule has 0 N–H and O–H groups in total. The summed E-state index contributed by atoms with van der Waals surface area (Å²) in [7, 11) is 0. The number of pyridine rings is 1. The van der Waals surface area contributed by atoms with Crippen LogP contribution in [0.5, 0.6) is 0 Å². The molecule has 4 rings (SSSR count). The Balaban J connectivity index is 1.99. The van der Waals surface area contributed by atoms with Crippen LogP contribution >= 0.6 is 50.7 Å². The van der Waals surface area contributed by atoms with E-state index in [1.807, 2.05) is 0 Å². The Labute approximate surface area is 173 Å². The highest BCUT2D eigenvalue weighted by Crippen LogP contribution is 2.29. The molecule has 6 nitrogen and oxygen atoms in total. The molecule has 0 amide bonds. The van der Waals surface area contributed by atoms with E-state index >= 15 is 0 Å². The molecule has 11 heteroatoms. The second kappa shape index (κ2) is 6.87. The van der Waals surface area contributed by atoms with Gasteiger partial charge < -0.3 is 4.42 Å². The Hall–Kier alpha value is -2.00. The topological polar surface area (TPSA) is 73.8 Å². The largest absolute Gasteiger partial charge is 0.401 e. The van der Waals surface area contributed by atoms with Crippen LogP contribution in [0.15, 0.2) is 44.3 Å². The molecule has 0 aliphatic carbocycles. The Morgan fingerprint density at radius 3 is 2.63 bits per heavy atom. The monoisotopic (exact) mass is 488 g/mol. The summed E-state index contributed by atoms with van der Waals surface area (Å²) >= 11 is 21.0. The molecular formula is C16H5BrCl3FN4O2. The molecule has 0 fully saturated rings. The van der Waals surface area contributed by atoms with Crippen molar-refractivity contribution in [3.63, 3.8) is 0 Å². The van der Waals surface area contributed by atoms with Crippen molar-refractivity contribution in [2.45, 2.75) is 0 Å². The first kappa shape index (κ1) is 18.4. The Morgan fingerprint density at radius 2 is 1.89 bits per heavy atom. The van der Waals surface area contributed by atoms with Gasteiger partial charge in [-0.3, -0.25) is 0 Å². The first-order valence-electron chi connectivity index (χ1n) is 7.21. The summed E-state index contributed by atoms with van der Waals surface area (Å²) in [6.07, 6.45) is 1.27. The van der Waals surface area contributed by atoms with Crippen molar-refractivity contribution >= 4 is 61.6 Å². The minimum Gasteiger partial charge on any atom is -0.401 e. The Bertz CT molecular complexity index is 1270. The maximum Gasteiger partial charge on any atom is 0.347 e. The van der Waals surface area contributed by atoms with Crippen LogP contribution in [0.2, 0.25) is 15.1 Å². The number of hydrogen-bond donors (Lipinski definition) is 0. The fourth-order valence-corrected chi connectivity index (χ4v) is 3.50. The van der Waals surface area contributed by atoms with E-state index < -0.39 is 11.4 Å². The highest BCUT2D eigenvalue weighted by molar-refractivity contribution is 9.10. The average Bonchev–Trinajstić information content (AvgIpc) is 2.97. The second-order valence-electron chi connectivity index (χ2n) is 5.31. The first-order valence-corrected chi connectivity index (χ1v) is 9.13. The molecule has 0 bridgehead atoms. The molecule has 3 heterocycles. The lowest BCUT2D eigenvalue weighted by Crippen LogP contribution is -2.08. The zero-order valence-corrected chi connectivity index (χ0v) is 16.7. The molecule has 0 atom stereocenters. The third-order valence-corrected chi connectivity index (χ3v) is 4.64. The number of nitrogens with zero attached hydrogens (tertiary/aromatic N) is 4. The molecule has 0 aliphatic rings. The minimum atomic E-state index is -0.715. The van der Waals surface area contributed by atoms with Crippen molar-refractivity contribution in [1.29, 1.82) is 0 Å². The van der Waals surface area contributed by atoms with Crippen molar-refractivity contribution < 1.29 is 8.81 Å². The van der Waals surface area contributed by atoms with Crippen LogP contribution < -0.4 is 5.63 Å². The predicted molar refractivity (Wildman–Crippen MR) is 103 cm³/mol. The van der Waals surface area contributed by atoms with E-state index in [-0.39, 0.29) is 43.4 Å². The van der Waals surface area contributed by atoms with Gasteiger partial charge in [-0.05, 0) is 34.1 Å². The lowest BCUT2D eigenvalue weighted by Gasteiger charge is -2.07. The molecule has 4 aromatic rings. The summed E-state index contributed by atoms with van der Waals surface area (Å²) in [5, 5.41) is 4.82. The van der Waals surface area contributed by atoms with Gasteiger partial charge in [0.2, 0.25) is 5.89 Å². The molecule has 27 heavy (non-hydrogen) atoms. The predicted octanol–water partition coefficient (Wildman–Crippen LogP) is 5.30. The van der Waals surface area contributed by atoms with E-state index in [4.69, 9.17) is 39.2 Å². The number of fused-ring (bicyclic) bond motifs is 1. The van der Waals surface area contributed by atoms with Crippen molar-refractivity contribution in [2.24, 2.45) is 0 Å². The van der Waals surface area contributed by atoms with Crippen LogP contribution in [0.25, 0.3) is 28.3 Å². The van der Waals surface area contributed by atoms with Gasteiger partial charge in [-0.15, -0.1) is 0 Å². The lowest BCUT2D eigenvalue weighted by atomic mass is 10.2. The highest BCUT2D eigenvalue weighted by Gasteiger charge is 2.20. The smallest absolute Gasteiger partial charge is 0.347 e. The molecule has 0 unspecified atom stereocenters. The van der Waals surface area contributed by atoms with E-state index in [9.17, 15) is 9.18 Å². The fraction of sp³-hybridized carbons (Fsp3) is 0. The molecule has 0 aliphatic heterocycles. The molecule has 136 valence electrons. The third-order valence-electron chi connectivity index (χ3n) is 3.54. The maximum atomic E-state index is 14.3. The second-order valence-corrected chi connectivity index (χ2v) is 7.41. The standard InChI is InChI=1S/C16H5BrCl3FN4O2/c17-12-4-11(25(24-12)14-10(21)3-7(19)5-22-14)15-23-13-8(16(26)27-15)1-6(18)2-9(13)20/h1-5H. The van der Waals surface area contributed by atoms with Crippen LogP contribution in [0.1, 0.15) is 0 Å². The summed E-state index contributed by atoms with van der Waals surface area (Å²) < 4.78 is 21.1. The van der Waals surface area contributed by atoms with E-state index in [1.165, 1.54) is 24.4 Å². The van der Waals surface area contributed by atoms with E-state index in [2.05, 4.69) is 31.0 Å². The number of rotatable bonds is 2. The summed E-state index contributed by atoms with van der Waals surface area (Å²) in [5.74, 6) is -0.981. The Morgan fingerprint density at radius 1 is 1.11 bits per heavy atom. The van der Waals surface area contributed by atoms with E-state index in [1.54, 1.807) is 0 Å². The van der Waals surface area contributed by atoms with Gasteiger partial charge in [0.15, 0.2) is 11.6 Å². The third kappa shape index (κ3) is 3.34. The first-order chi connectivity index (χ1) is 12.8. The summed E-state index contributed by atoms with van der Waals surface area (Å²) in [5.41, 5.74) is -0.325. The fourth-order valence-electron chi connectivity index (χ4n) is 2.44.